The minimum absolute atomic E-state index is 0.0261. The van der Waals surface area contributed by atoms with Crippen molar-refractivity contribution in [3.63, 3.8) is 0 Å². The number of hydrogen-bond donors (Lipinski definition) is 0. The van der Waals surface area contributed by atoms with Crippen molar-refractivity contribution in [1.82, 2.24) is 4.90 Å². The van der Waals surface area contributed by atoms with Crippen molar-refractivity contribution in [2.45, 2.75) is 25.1 Å². The van der Waals surface area contributed by atoms with E-state index in [0.717, 1.165) is 18.5 Å². The minimum Gasteiger partial charge on any atom is -0.342 e. The van der Waals surface area contributed by atoms with Gasteiger partial charge in [0.1, 0.15) is 0 Å². The first-order valence-electron chi connectivity index (χ1n) is 5.58. The topological polar surface area (TPSA) is 20.3 Å². The van der Waals surface area contributed by atoms with Gasteiger partial charge in [0.25, 0.3) is 5.91 Å². The van der Waals surface area contributed by atoms with Gasteiger partial charge in [0.05, 0.1) is 0 Å². The second kappa shape index (κ2) is 6.41. The second-order valence-electron chi connectivity index (χ2n) is 4.21. The molecule has 0 saturated carbocycles. The molecule has 1 aromatic rings. The summed E-state index contributed by atoms with van der Waals surface area (Å²) in [6, 6.07) is 5.43. The molecule has 1 aromatic carbocycles. The summed E-state index contributed by atoms with van der Waals surface area (Å²) < 4.78 is 0. The lowest BCUT2D eigenvalue weighted by molar-refractivity contribution is 0.0793. The van der Waals surface area contributed by atoms with Gasteiger partial charge in [-0.1, -0.05) is 40.5 Å². The van der Waals surface area contributed by atoms with Crippen molar-refractivity contribution in [3.05, 3.63) is 34.3 Å². The summed E-state index contributed by atoms with van der Waals surface area (Å²) in [7, 11) is 1.82. The van der Waals surface area contributed by atoms with E-state index in [0.29, 0.717) is 15.4 Å². The average Bonchev–Trinajstić information content (AvgIpc) is 2.28. The van der Waals surface area contributed by atoms with Crippen LogP contribution in [0.1, 0.15) is 29.3 Å². The summed E-state index contributed by atoms with van der Waals surface area (Å²) in [4.78, 5) is 14.3. The number of halogens is 2. The van der Waals surface area contributed by atoms with Crippen molar-refractivity contribution < 1.29 is 4.79 Å². The zero-order valence-corrected chi connectivity index (χ0v) is 12.7. The van der Waals surface area contributed by atoms with Gasteiger partial charge in [-0.05, 0) is 31.0 Å². The summed E-state index contributed by atoms with van der Waals surface area (Å²) >= 11 is 9.49. The van der Waals surface area contributed by atoms with Gasteiger partial charge in [-0.15, -0.1) is 0 Å². The van der Waals surface area contributed by atoms with Gasteiger partial charge in [0, 0.05) is 29.0 Å². The molecule has 0 N–H and O–H groups in total. The number of benzene rings is 1. The zero-order chi connectivity index (χ0) is 13.0. The van der Waals surface area contributed by atoms with Gasteiger partial charge in [-0.3, -0.25) is 4.79 Å². The molecule has 0 aliphatic carbocycles. The maximum Gasteiger partial charge on any atom is 0.253 e. The fourth-order valence-corrected chi connectivity index (χ4v) is 1.90. The van der Waals surface area contributed by atoms with Crippen LogP contribution in [0.5, 0.6) is 0 Å². The van der Waals surface area contributed by atoms with Crippen LogP contribution >= 0.6 is 27.5 Å². The summed E-state index contributed by atoms with van der Waals surface area (Å²) in [5.41, 5.74) is 1.53. The Labute approximate surface area is 116 Å². The molecule has 1 atom stereocenters. The lowest BCUT2D eigenvalue weighted by Crippen LogP contribution is -2.29. The van der Waals surface area contributed by atoms with Crippen LogP contribution in [0.4, 0.5) is 0 Å². The van der Waals surface area contributed by atoms with E-state index < -0.39 is 0 Å². The molecule has 0 spiro atoms. The number of alkyl halides is 1. The molecule has 4 heteroatoms. The van der Waals surface area contributed by atoms with Crippen molar-refractivity contribution in [2.75, 3.05) is 13.6 Å². The van der Waals surface area contributed by atoms with Crippen LogP contribution in [-0.4, -0.2) is 29.2 Å². The fraction of sp³-hybridized carbons (Fsp3) is 0.462. The molecule has 94 valence electrons. The van der Waals surface area contributed by atoms with Gasteiger partial charge in [0.15, 0.2) is 0 Å². The Hall–Kier alpha value is -0.540. The van der Waals surface area contributed by atoms with Crippen molar-refractivity contribution >= 4 is 33.4 Å². The first-order valence-corrected chi connectivity index (χ1v) is 6.87. The highest BCUT2D eigenvalue weighted by Crippen LogP contribution is 2.20. The third kappa shape index (κ3) is 4.00. The number of carbonyl (C=O) groups is 1. The van der Waals surface area contributed by atoms with E-state index in [1.54, 1.807) is 11.0 Å². The van der Waals surface area contributed by atoms with Crippen LogP contribution in [0.15, 0.2) is 18.2 Å². The monoisotopic (exact) mass is 317 g/mol. The van der Waals surface area contributed by atoms with E-state index in [9.17, 15) is 4.79 Å². The molecule has 2 nitrogen and oxygen atoms in total. The smallest absolute Gasteiger partial charge is 0.253 e. The Morgan fingerprint density at radius 1 is 1.53 bits per heavy atom. The molecule has 0 saturated heterocycles. The summed E-state index contributed by atoms with van der Waals surface area (Å²) in [6.07, 6.45) is 0.932. The van der Waals surface area contributed by atoms with Gasteiger partial charge in [-0.2, -0.15) is 0 Å². The largest absolute Gasteiger partial charge is 0.342 e. The van der Waals surface area contributed by atoms with E-state index in [1.807, 2.05) is 26.1 Å². The number of nitrogens with zero attached hydrogens (tertiary/aromatic N) is 1. The maximum absolute atomic E-state index is 12.2. The summed E-state index contributed by atoms with van der Waals surface area (Å²) in [5, 5.41) is 0.637. The SMILES string of the molecule is Cc1c(Cl)cccc1C(=O)N(C)CCC(C)Br. The highest BCUT2D eigenvalue weighted by atomic mass is 79.9. The van der Waals surface area contributed by atoms with E-state index in [1.165, 1.54) is 0 Å². The average molecular weight is 319 g/mol. The van der Waals surface area contributed by atoms with E-state index in [-0.39, 0.29) is 5.91 Å². The molecule has 1 rings (SSSR count). The molecule has 1 amide bonds. The molecule has 17 heavy (non-hydrogen) atoms. The van der Waals surface area contributed by atoms with Gasteiger partial charge >= 0.3 is 0 Å². The summed E-state index contributed by atoms with van der Waals surface area (Å²) in [5.74, 6) is 0.0261. The summed E-state index contributed by atoms with van der Waals surface area (Å²) in [6.45, 7) is 4.68. The van der Waals surface area contributed by atoms with Crippen molar-refractivity contribution in [1.29, 1.82) is 0 Å². The van der Waals surface area contributed by atoms with Crippen molar-refractivity contribution in [3.8, 4) is 0 Å². The van der Waals surface area contributed by atoms with Crippen LogP contribution in [-0.2, 0) is 0 Å². The normalized spacial score (nSPS) is 12.3. The quantitative estimate of drug-likeness (QED) is 0.771. The molecular weight excluding hydrogens is 302 g/mol. The first-order chi connectivity index (χ1) is 7.93. The lowest BCUT2D eigenvalue weighted by Gasteiger charge is -2.19. The Kier molecular flexibility index (Phi) is 5.47. The third-order valence-electron chi connectivity index (χ3n) is 2.71. The molecular formula is C13H17BrClNO. The minimum atomic E-state index is 0.0261. The van der Waals surface area contributed by atoms with Crippen LogP contribution < -0.4 is 0 Å². The molecule has 0 radical (unpaired) electrons. The highest BCUT2D eigenvalue weighted by molar-refractivity contribution is 9.09. The predicted octanol–water partition coefficient (Wildman–Crippen LogP) is 3.89. The Morgan fingerprint density at radius 2 is 2.18 bits per heavy atom. The fourth-order valence-electron chi connectivity index (χ4n) is 1.52. The first kappa shape index (κ1) is 14.5. The van der Waals surface area contributed by atoms with E-state index >= 15 is 0 Å². The van der Waals surface area contributed by atoms with Crippen LogP contribution in [0.3, 0.4) is 0 Å². The van der Waals surface area contributed by atoms with E-state index in [2.05, 4.69) is 22.9 Å². The Bertz CT molecular complexity index is 406. The van der Waals surface area contributed by atoms with Crippen molar-refractivity contribution in [2.24, 2.45) is 0 Å². The molecule has 0 aromatic heterocycles. The number of rotatable bonds is 4. The highest BCUT2D eigenvalue weighted by Gasteiger charge is 2.15. The van der Waals surface area contributed by atoms with Gasteiger partial charge < -0.3 is 4.90 Å². The van der Waals surface area contributed by atoms with E-state index in [4.69, 9.17) is 11.6 Å². The standard InChI is InChI=1S/C13H17BrClNO/c1-9(14)7-8-16(3)13(17)11-5-4-6-12(15)10(11)2/h4-6,9H,7-8H2,1-3H3. The number of amides is 1. The molecule has 0 aliphatic rings. The van der Waals surface area contributed by atoms with Gasteiger partial charge in [-0.25, -0.2) is 0 Å². The molecule has 0 fully saturated rings. The third-order valence-corrected chi connectivity index (χ3v) is 3.57. The van der Waals surface area contributed by atoms with Crippen LogP contribution in [0.25, 0.3) is 0 Å². The number of carbonyl (C=O) groups excluding carboxylic acids is 1. The molecule has 0 aliphatic heterocycles. The lowest BCUT2D eigenvalue weighted by atomic mass is 10.1. The Morgan fingerprint density at radius 3 is 2.76 bits per heavy atom. The van der Waals surface area contributed by atoms with Gasteiger partial charge in [0.2, 0.25) is 0 Å². The number of hydrogen-bond acceptors (Lipinski definition) is 1. The zero-order valence-electron chi connectivity index (χ0n) is 10.3. The van der Waals surface area contributed by atoms with Crippen LogP contribution in [0.2, 0.25) is 5.02 Å². The Balaban J connectivity index is 2.78. The molecule has 1 unspecified atom stereocenters. The predicted molar refractivity (Wildman–Crippen MR) is 76.2 cm³/mol. The molecule has 0 heterocycles. The molecule has 0 bridgehead atoms. The second-order valence-corrected chi connectivity index (χ2v) is 6.18. The van der Waals surface area contributed by atoms with Crippen LogP contribution in [0, 0.1) is 6.92 Å². The maximum atomic E-state index is 12.2.